The number of hydrogen-bond acceptors (Lipinski definition) is 10. The van der Waals surface area contributed by atoms with Crippen molar-refractivity contribution < 1.29 is 27.9 Å². The molecule has 1 aliphatic heterocycles. The molecule has 0 radical (unpaired) electrons. The summed E-state index contributed by atoms with van der Waals surface area (Å²) in [7, 11) is -3.87. The topological polar surface area (TPSA) is 171 Å². The van der Waals surface area contributed by atoms with Crippen LogP contribution in [-0.4, -0.2) is 99.6 Å². The lowest BCUT2D eigenvalue weighted by atomic mass is 9.72. The lowest BCUT2D eigenvalue weighted by molar-refractivity contribution is -0.133. The molecule has 2 aliphatic rings. The molecule has 2 heterocycles. The minimum atomic E-state index is -3.87. The summed E-state index contributed by atoms with van der Waals surface area (Å²) in [5.41, 5.74) is 0.389. The number of likely N-dealkylation sites (tertiary alicyclic amines) is 1. The average Bonchev–Trinajstić information content (AvgIpc) is 3.53. The van der Waals surface area contributed by atoms with Gasteiger partial charge in [0.2, 0.25) is 11.8 Å². The van der Waals surface area contributed by atoms with Gasteiger partial charge in [0, 0.05) is 30.3 Å². The minimum Gasteiger partial charge on any atom is -0.390 e. The Morgan fingerprint density at radius 1 is 1.04 bits per heavy atom. The summed E-state index contributed by atoms with van der Waals surface area (Å²) in [6, 6.07) is 6.55. The van der Waals surface area contributed by atoms with Gasteiger partial charge in [0.05, 0.1) is 22.9 Å². The van der Waals surface area contributed by atoms with Crippen LogP contribution in [0.15, 0.2) is 35.7 Å². The average molecular weight is 691 g/mol. The Balaban J connectivity index is 1.62. The number of aliphatic hydroxyl groups is 1. The summed E-state index contributed by atoms with van der Waals surface area (Å²) < 4.78 is 27.8. The molecule has 0 spiro atoms. The first kappa shape index (κ1) is 36.9. The van der Waals surface area contributed by atoms with E-state index < -0.39 is 56.2 Å². The first-order valence-electron chi connectivity index (χ1n) is 16.3. The van der Waals surface area contributed by atoms with E-state index in [0.717, 1.165) is 49.0 Å². The Morgan fingerprint density at radius 3 is 2.30 bits per heavy atom. The monoisotopic (exact) mass is 690 g/mol. The number of β-amino-alcohol motifs (C(OH)–C–C–N with tert-alkyl or cyclic N) is 1. The molecule has 0 bridgehead atoms. The van der Waals surface area contributed by atoms with Crippen molar-refractivity contribution in [2.24, 2.45) is 11.8 Å². The maximum atomic E-state index is 14.0. The number of nitrogens with one attached hydrogen (secondary N) is 3. The number of fused-ring (bicyclic) bond motifs is 1. The van der Waals surface area contributed by atoms with E-state index in [1.54, 1.807) is 0 Å². The van der Waals surface area contributed by atoms with Gasteiger partial charge in [-0.05, 0) is 82.8 Å². The first-order valence-corrected chi connectivity index (χ1v) is 19.0. The summed E-state index contributed by atoms with van der Waals surface area (Å²) in [6.45, 7) is 9.38. The van der Waals surface area contributed by atoms with Gasteiger partial charge in [0.15, 0.2) is 15.5 Å². The minimum absolute atomic E-state index is 0.0383. The zero-order chi connectivity index (χ0) is 34.6. The second-order valence-electron chi connectivity index (χ2n) is 14.7. The molecular formula is C33H50N6O6S2. The van der Waals surface area contributed by atoms with Crippen LogP contribution in [0.1, 0.15) is 82.8 Å². The van der Waals surface area contributed by atoms with Crippen LogP contribution in [0.3, 0.4) is 0 Å². The Labute approximate surface area is 282 Å². The molecule has 14 heteroatoms. The lowest BCUT2D eigenvalue weighted by Crippen LogP contribution is -2.64. The third kappa shape index (κ3) is 9.58. The molecule has 12 nitrogen and oxygen atoms in total. The van der Waals surface area contributed by atoms with Gasteiger partial charge >= 0.3 is 0 Å². The maximum absolute atomic E-state index is 14.0. The van der Waals surface area contributed by atoms with E-state index in [2.05, 4.69) is 30.4 Å². The fraction of sp³-hybridized carbons (Fsp3) is 0.667. The second-order valence-corrected chi connectivity index (χ2v) is 17.9. The van der Waals surface area contributed by atoms with E-state index >= 15 is 0 Å². The highest BCUT2D eigenvalue weighted by Gasteiger charge is 2.46. The number of nitrogens with zero attached hydrogens (tertiary/aromatic N) is 3. The molecule has 47 heavy (non-hydrogen) atoms. The molecule has 1 aromatic carbocycles. The first-order chi connectivity index (χ1) is 22.0. The number of carbonyl (C=O) groups is 3. The Bertz CT molecular complexity index is 1480. The summed E-state index contributed by atoms with van der Waals surface area (Å²) in [5.74, 6) is -0.703. The summed E-state index contributed by atoms with van der Waals surface area (Å²) in [4.78, 5) is 42.7. The standard InChI is InChI=1S/C33H50N6O6S2/c1-32(2,3)36-30(42)26-17-22-14-10-11-15-23(22)18-39(26)19-27(40)24(16-21-12-8-7-9-13-21)34-31(43)28(33(4,5)47(6,44)45)35-29(41)25-20-46-38-37-25/h7-9,12-13,20,22-24,26-28,40H,10-11,14-19H2,1-6H3,(H,34,43)(H,35,41)(H,36,42)/t22-,23+,24?,26?,27?,28+/m0/s1. The fourth-order valence-electron chi connectivity index (χ4n) is 6.65. The molecule has 4 rings (SSSR count). The summed E-state index contributed by atoms with van der Waals surface area (Å²) >= 11 is 0.954. The van der Waals surface area contributed by atoms with Crippen molar-refractivity contribution in [1.29, 1.82) is 0 Å². The molecule has 1 saturated carbocycles. The number of hydrogen-bond donors (Lipinski definition) is 4. The zero-order valence-corrected chi connectivity index (χ0v) is 29.9. The smallest absolute Gasteiger partial charge is 0.273 e. The zero-order valence-electron chi connectivity index (χ0n) is 28.2. The predicted octanol–water partition coefficient (Wildman–Crippen LogP) is 2.34. The van der Waals surface area contributed by atoms with Gasteiger partial charge in [-0.15, -0.1) is 5.10 Å². The molecule has 2 aromatic rings. The van der Waals surface area contributed by atoms with Crippen molar-refractivity contribution >= 4 is 39.1 Å². The van der Waals surface area contributed by atoms with Crippen molar-refractivity contribution in [3.05, 3.63) is 47.0 Å². The van der Waals surface area contributed by atoms with Crippen molar-refractivity contribution in [3.8, 4) is 0 Å². The summed E-state index contributed by atoms with van der Waals surface area (Å²) in [6.07, 6.45) is 5.30. The van der Waals surface area contributed by atoms with Gasteiger partial charge in [-0.3, -0.25) is 19.3 Å². The molecule has 2 fully saturated rings. The lowest BCUT2D eigenvalue weighted by Gasteiger charge is -2.47. The van der Waals surface area contributed by atoms with Crippen molar-refractivity contribution in [2.45, 2.75) is 108 Å². The van der Waals surface area contributed by atoms with Gasteiger partial charge < -0.3 is 21.1 Å². The van der Waals surface area contributed by atoms with Crippen LogP contribution in [0.5, 0.6) is 0 Å². The normalized spacial score (nSPS) is 22.7. The third-order valence-corrected chi connectivity index (χ3v) is 12.2. The van der Waals surface area contributed by atoms with E-state index in [9.17, 15) is 27.9 Å². The number of amides is 3. The molecular weight excluding hydrogens is 641 g/mol. The predicted molar refractivity (Wildman–Crippen MR) is 181 cm³/mol. The number of carbonyl (C=O) groups excluding carboxylic acids is 3. The Morgan fingerprint density at radius 2 is 1.70 bits per heavy atom. The number of piperidine rings is 1. The van der Waals surface area contributed by atoms with Crippen LogP contribution < -0.4 is 16.0 Å². The van der Waals surface area contributed by atoms with E-state index in [1.165, 1.54) is 19.2 Å². The second kappa shape index (κ2) is 15.1. The van der Waals surface area contributed by atoms with Gasteiger partial charge in [-0.1, -0.05) is 54.1 Å². The van der Waals surface area contributed by atoms with E-state index in [-0.39, 0.29) is 24.6 Å². The van der Waals surface area contributed by atoms with E-state index in [0.29, 0.717) is 24.8 Å². The van der Waals surface area contributed by atoms with E-state index in [1.807, 2.05) is 51.1 Å². The van der Waals surface area contributed by atoms with Crippen molar-refractivity contribution in [1.82, 2.24) is 30.4 Å². The molecule has 1 saturated heterocycles. The SMILES string of the molecule is CC(C)(C)NC(=O)C1C[C@@H]2CCCC[C@@H]2CN1CC(O)C(Cc1ccccc1)NC(=O)[C@@H](NC(=O)c1csnn1)C(C)(C)S(C)(=O)=O. The highest BCUT2D eigenvalue weighted by Crippen LogP contribution is 2.39. The Hall–Kier alpha value is -2.94. The maximum Gasteiger partial charge on any atom is 0.273 e. The number of rotatable bonds is 12. The van der Waals surface area contributed by atoms with Crippen molar-refractivity contribution in [3.63, 3.8) is 0 Å². The number of sulfone groups is 1. The molecule has 1 aliphatic carbocycles. The van der Waals surface area contributed by atoms with Gasteiger partial charge in [0.1, 0.15) is 6.04 Å². The molecule has 3 unspecified atom stereocenters. The van der Waals surface area contributed by atoms with Gasteiger partial charge in [0.25, 0.3) is 5.91 Å². The summed E-state index contributed by atoms with van der Waals surface area (Å²) in [5, 5.41) is 25.6. The highest BCUT2D eigenvalue weighted by atomic mass is 32.2. The van der Waals surface area contributed by atoms with Crippen LogP contribution in [0, 0.1) is 11.8 Å². The quantitative estimate of drug-likeness (QED) is 0.261. The van der Waals surface area contributed by atoms with E-state index in [4.69, 9.17) is 0 Å². The van der Waals surface area contributed by atoms with Crippen LogP contribution in [-0.2, 0) is 25.8 Å². The van der Waals surface area contributed by atoms with Crippen LogP contribution in [0.2, 0.25) is 0 Å². The van der Waals surface area contributed by atoms with Gasteiger partial charge in [-0.25, -0.2) is 8.42 Å². The number of aliphatic hydroxyl groups excluding tert-OH is 1. The number of aromatic nitrogens is 2. The largest absolute Gasteiger partial charge is 0.390 e. The number of benzene rings is 1. The van der Waals surface area contributed by atoms with Crippen LogP contribution >= 0.6 is 11.5 Å². The highest BCUT2D eigenvalue weighted by molar-refractivity contribution is 7.92. The molecule has 1 aromatic heterocycles. The fourth-order valence-corrected chi connectivity index (χ4v) is 7.68. The molecule has 260 valence electrons. The van der Waals surface area contributed by atoms with Crippen LogP contribution in [0.4, 0.5) is 0 Å². The van der Waals surface area contributed by atoms with Gasteiger partial charge in [-0.2, -0.15) is 0 Å². The third-order valence-electron chi connectivity index (χ3n) is 9.60. The molecule has 6 atom stereocenters. The van der Waals surface area contributed by atoms with Crippen LogP contribution in [0.25, 0.3) is 0 Å². The Kier molecular flexibility index (Phi) is 11.8. The molecule has 3 amide bonds. The van der Waals surface area contributed by atoms with Crippen molar-refractivity contribution in [2.75, 3.05) is 19.3 Å². The molecule has 4 N–H and O–H groups in total.